The lowest BCUT2D eigenvalue weighted by molar-refractivity contribution is -0.143. The van der Waals surface area contributed by atoms with E-state index in [-0.39, 0.29) is 37.5 Å². The fraction of sp³-hybridized carbons (Fsp3) is 0.524. The molecular weight excluding hydrogens is 819 g/mol. The van der Waals surface area contributed by atoms with Gasteiger partial charge in [-0.2, -0.15) is 0 Å². The van der Waals surface area contributed by atoms with Crippen LogP contribution in [0.15, 0.2) is 55.4 Å². The molecule has 6 amide bonds. The molecule has 0 bridgehead atoms. The summed E-state index contributed by atoms with van der Waals surface area (Å²) in [5.74, 6) is -8.84. The predicted molar refractivity (Wildman–Crippen MR) is 228 cm³/mol. The average Bonchev–Trinajstić information content (AvgIpc) is 3.95. The Morgan fingerprint density at radius 3 is 1.65 bits per heavy atom. The van der Waals surface area contributed by atoms with E-state index in [1.54, 1.807) is 51.1 Å². The Labute approximate surface area is 365 Å². The third-order valence-corrected chi connectivity index (χ3v) is 10.2. The lowest BCUT2D eigenvalue weighted by atomic mass is 9.95. The largest absolute Gasteiger partial charge is 0.481 e. The molecule has 2 heterocycles. The zero-order chi connectivity index (χ0) is 46.8. The Balaban J connectivity index is 1.80. The van der Waals surface area contributed by atoms with Crippen molar-refractivity contribution in [2.45, 2.75) is 122 Å². The zero-order valence-electron chi connectivity index (χ0n) is 36.3. The molecule has 0 unspecified atom stereocenters. The molecule has 0 aliphatic heterocycles. The molecule has 3 aromatic rings. The molecule has 0 spiro atoms. The lowest BCUT2D eigenvalue weighted by Crippen LogP contribution is -2.61. The van der Waals surface area contributed by atoms with Gasteiger partial charge >= 0.3 is 11.9 Å². The van der Waals surface area contributed by atoms with Crippen molar-refractivity contribution in [2.24, 2.45) is 23.5 Å². The first-order valence-corrected chi connectivity index (χ1v) is 20.8. The predicted octanol–water partition coefficient (Wildman–Crippen LogP) is -0.296. The quantitative estimate of drug-likeness (QED) is 0.0494. The Morgan fingerprint density at radius 1 is 0.619 bits per heavy atom. The number of amides is 6. The van der Waals surface area contributed by atoms with Crippen LogP contribution in [-0.2, 0) is 57.6 Å². The fourth-order valence-electron chi connectivity index (χ4n) is 6.51. The third-order valence-electron chi connectivity index (χ3n) is 10.2. The number of carbonyl (C=O) groups excluding carboxylic acids is 6. The van der Waals surface area contributed by atoms with Gasteiger partial charge in [0.15, 0.2) is 0 Å². The summed E-state index contributed by atoms with van der Waals surface area (Å²) in [4.78, 5) is 120. The number of benzene rings is 1. The summed E-state index contributed by atoms with van der Waals surface area (Å²) in [7, 11) is 0. The van der Waals surface area contributed by atoms with Crippen molar-refractivity contribution < 1.29 is 48.6 Å². The van der Waals surface area contributed by atoms with E-state index in [9.17, 15) is 48.6 Å². The maximum absolute atomic E-state index is 13.9. The van der Waals surface area contributed by atoms with Gasteiger partial charge in [0, 0.05) is 43.0 Å². The molecule has 63 heavy (non-hydrogen) atoms. The molecule has 8 atom stereocenters. The Hall–Kier alpha value is -6.64. The number of nitrogens with two attached hydrogens (primary N) is 1. The van der Waals surface area contributed by atoms with Crippen molar-refractivity contribution in [3.8, 4) is 0 Å². The molecular formula is C42H61N11O10. The van der Waals surface area contributed by atoms with Crippen molar-refractivity contribution in [3.63, 3.8) is 0 Å². The molecule has 21 heteroatoms. The van der Waals surface area contributed by atoms with Gasteiger partial charge in [0.2, 0.25) is 35.4 Å². The molecule has 344 valence electrons. The van der Waals surface area contributed by atoms with Gasteiger partial charge in [-0.05, 0) is 29.7 Å². The van der Waals surface area contributed by atoms with E-state index >= 15 is 0 Å². The molecule has 1 aromatic carbocycles. The maximum atomic E-state index is 13.9. The van der Waals surface area contributed by atoms with E-state index in [1.165, 1.54) is 25.0 Å². The van der Waals surface area contributed by atoms with Crippen LogP contribution in [-0.4, -0.2) is 120 Å². The van der Waals surface area contributed by atoms with Gasteiger partial charge in [0.1, 0.15) is 36.3 Å². The van der Waals surface area contributed by atoms with Crippen molar-refractivity contribution in [1.29, 1.82) is 0 Å². The van der Waals surface area contributed by atoms with Gasteiger partial charge in [-0.15, -0.1) is 0 Å². The van der Waals surface area contributed by atoms with Crippen LogP contribution in [0.3, 0.4) is 0 Å². The SMILES string of the molecule is CC[C@H](C)[C@H](NC(=O)[C@@H](N)Cc1cnc[nH]1)C(=O)N[C@@H](CC(C)C)C(=O)N[C@H](C(=O)N[C@@H](CC(=O)O)C(=O)N[C@@H](Cc1ccccc1)C(=O)N[C@@H](Cc1cnc[nH]1)C(=O)O)C(C)C. The van der Waals surface area contributed by atoms with Crippen molar-refractivity contribution in [1.82, 2.24) is 51.8 Å². The van der Waals surface area contributed by atoms with Crippen LogP contribution in [0.2, 0.25) is 0 Å². The molecule has 3 rings (SSSR count). The Morgan fingerprint density at radius 2 is 1.13 bits per heavy atom. The minimum Gasteiger partial charge on any atom is -0.481 e. The number of hydrogen-bond donors (Lipinski definition) is 11. The summed E-state index contributed by atoms with van der Waals surface area (Å²) >= 11 is 0. The zero-order valence-corrected chi connectivity index (χ0v) is 36.3. The number of aromatic nitrogens is 4. The number of aromatic amines is 2. The number of aliphatic carboxylic acids is 2. The molecule has 0 saturated carbocycles. The average molecular weight is 880 g/mol. The van der Waals surface area contributed by atoms with Gasteiger partial charge in [-0.25, -0.2) is 14.8 Å². The Bertz CT molecular complexity index is 1980. The van der Waals surface area contributed by atoms with E-state index in [4.69, 9.17) is 5.73 Å². The topological polar surface area (TPSA) is 333 Å². The number of rotatable bonds is 26. The highest BCUT2D eigenvalue weighted by molar-refractivity contribution is 5.98. The first-order chi connectivity index (χ1) is 29.8. The second-order valence-corrected chi connectivity index (χ2v) is 16.3. The van der Waals surface area contributed by atoms with Crippen LogP contribution in [0.4, 0.5) is 0 Å². The number of carboxylic acids is 2. The van der Waals surface area contributed by atoms with Crippen LogP contribution < -0.4 is 37.6 Å². The molecule has 2 aromatic heterocycles. The summed E-state index contributed by atoms with van der Waals surface area (Å²) < 4.78 is 0. The minimum absolute atomic E-state index is 0.129. The molecule has 0 aliphatic carbocycles. The first-order valence-electron chi connectivity index (χ1n) is 20.8. The number of carbonyl (C=O) groups is 8. The van der Waals surface area contributed by atoms with Gasteiger partial charge < -0.3 is 57.8 Å². The summed E-state index contributed by atoms with van der Waals surface area (Å²) in [6.45, 7) is 10.5. The second-order valence-electron chi connectivity index (χ2n) is 16.3. The highest BCUT2D eigenvalue weighted by Crippen LogP contribution is 2.14. The highest BCUT2D eigenvalue weighted by Gasteiger charge is 2.36. The van der Waals surface area contributed by atoms with E-state index in [0.29, 0.717) is 23.4 Å². The number of carboxylic acid groups (broad SMARTS) is 2. The normalized spacial score (nSPS) is 15.1. The van der Waals surface area contributed by atoms with Crippen LogP contribution in [0.5, 0.6) is 0 Å². The third kappa shape index (κ3) is 16.6. The number of H-pyrrole nitrogens is 2. The maximum Gasteiger partial charge on any atom is 0.326 e. The van der Waals surface area contributed by atoms with Gasteiger partial charge in [0.25, 0.3) is 0 Å². The van der Waals surface area contributed by atoms with Crippen LogP contribution in [0.25, 0.3) is 0 Å². The lowest BCUT2D eigenvalue weighted by Gasteiger charge is -2.30. The van der Waals surface area contributed by atoms with Crippen molar-refractivity contribution in [3.05, 3.63) is 72.3 Å². The fourth-order valence-corrected chi connectivity index (χ4v) is 6.51. The van der Waals surface area contributed by atoms with Crippen LogP contribution >= 0.6 is 0 Å². The van der Waals surface area contributed by atoms with Crippen LogP contribution in [0, 0.1) is 17.8 Å². The van der Waals surface area contributed by atoms with Gasteiger partial charge in [0.05, 0.1) is 25.1 Å². The summed E-state index contributed by atoms with van der Waals surface area (Å²) in [5, 5.41) is 35.0. The number of nitrogens with one attached hydrogen (secondary N) is 8. The number of nitrogens with zero attached hydrogens (tertiary/aromatic N) is 2. The smallest absolute Gasteiger partial charge is 0.326 e. The standard InChI is InChI=1S/C42H61N11O10/c1-7-24(6)35(53-36(56)28(43)15-26-18-44-20-46-26)41(61)49-29(13-22(2)3)39(59)52-34(23(4)5)40(60)50-31(17-33(54)55)38(58)48-30(14-25-11-9-8-10-12-25)37(57)51-32(42(62)63)16-27-19-45-21-47-27/h8-12,18-24,28-32,34-35H,7,13-17,43H2,1-6H3,(H,44,46)(H,45,47)(H,48,58)(H,49,61)(H,50,60)(H,51,57)(H,52,59)(H,53,56)(H,54,55)(H,62,63)/t24-,28-,29-,30-,31-,32-,34-,35-/m0/s1. The summed E-state index contributed by atoms with van der Waals surface area (Å²) in [6.07, 6.45) is 5.26. The van der Waals surface area contributed by atoms with E-state index in [1.807, 2.05) is 20.8 Å². The van der Waals surface area contributed by atoms with Crippen molar-refractivity contribution in [2.75, 3.05) is 0 Å². The molecule has 0 radical (unpaired) electrons. The minimum atomic E-state index is -1.76. The molecule has 0 saturated heterocycles. The first kappa shape index (κ1) is 50.7. The number of hydrogen-bond acceptors (Lipinski definition) is 11. The second kappa shape index (κ2) is 24.7. The molecule has 21 nitrogen and oxygen atoms in total. The van der Waals surface area contributed by atoms with Crippen LogP contribution in [0.1, 0.15) is 77.8 Å². The van der Waals surface area contributed by atoms with Gasteiger partial charge in [-0.3, -0.25) is 33.6 Å². The summed E-state index contributed by atoms with van der Waals surface area (Å²) in [6, 6.07) is -0.763. The molecule has 12 N–H and O–H groups in total. The highest BCUT2D eigenvalue weighted by atomic mass is 16.4. The van der Waals surface area contributed by atoms with E-state index < -0.39 is 102 Å². The molecule has 0 fully saturated rings. The molecule has 0 aliphatic rings. The monoisotopic (exact) mass is 879 g/mol. The van der Waals surface area contributed by atoms with Crippen molar-refractivity contribution >= 4 is 47.4 Å². The number of imidazole rings is 2. The van der Waals surface area contributed by atoms with Gasteiger partial charge in [-0.1, -0.05) is 78.3 Å². The Kier molecular flexibility index (Phi) is 19.9. The van der Waals surface area contributed by atoms with E-state index in [0.717, 1.165) is 0 Å². The summed E-state index contributed by atoms with van der Waals surface area (Å²) in [5.41, 5.74) is 7.75. The van der Waals surface area contributed by atoms with E-state index in [2.05, 4.69) is 51.8 Å².